The number of rotatable bonds is 3. The van der Waals surface area contributed by atoms with Crippen molar-refractivity contribution in [3.8, 4) is 0 Å². The summed E-state index contributed by atoms with van der Waals surface area (Å²) in [5.41, 5.74) is 1.40. The SMILES string of the molecule is Fc1cc(Br)ccc1C(Cl)Cc1ccccc1Cl. The Balaban J connectivity index is 2.22. The lowest BCUT2D eigenvalue weighted by Crippen LogP contribution is -1.99. The van der Waals surface area contributed by atoms with Crippen LogP contribution in [0.3, 0.4) is 0 Å². The molecule has 1 atom stereocenters. The van der Waals surface area contributed by atoms with Gasteiger partial charge in [0, 0.05) is 15.1 Å². The molecule has 0 bridgehead atoms. The minimum absolute atomic E-state index is 0.309. The quantitative estimate of drug-likeness (QED) is 0.619. The maximum Gasteiger partial charge on any atom is 0.129 e. The van der Waals surface area contributed by atoms with Gasteiger partial charge in [-0.3, -0.25) is 0 Å². The number of hydrogen-bond acceptors (Lipinski definition) is 0. The minimum Gasteiger partial charge on any atom is -0.207 e. The highest BCUT2D eigenvalue weighted by Gasteiger charge is 2.15. The number of halogens is 4. The zero-order valence-corrected chi connectivity index (χ0v) is 12.4. The Morgan fingerprint density at radius 1 is 1.17 bits per heavy atom. The van der Waals surface area contributed by atoms with E-state index in [2.05, 4.69) is 15.9 Å². The fourth-order valence-corrected chi connectivity index (χ4v) is 2.61. The Hall–Kier alpha value is -0.570. The normalized spacial score (nSPS) is 12.4. The molecule has 0 aliphatic heterocycles. The van der Waals surface area contributed by atoms with Crippen LogP contribution in [0.4, 0.5) is 4.39 Å². The molecule has 94 valence electrons. The lowest BCUT2D eigenvalue weighted by Gasteiger charge is -2.12. The summed E-state index contributed by atoms with van der Waals surface area (Å²) in [6.07, 6.45) is 0.500. The van der Waals surface area contributed by atoms with Crippen molar-refractivity contribution in [2.24, 2.45) is 0 Å². The van der Waals surface area contributed by atoms with Gasteiger partial charge >= 0.3 is 0 Å². The zero-order chi connectivity index (χ0) is 13.1. The van der Waals surface area contributed by atoms with Gasteiger partial charge in [0.05, 0.1) is 5.38 Å². The molecule has 0 nitrogen and oxygen atoms in total. The van der Waals surface area contributed by atoms with Gasteiger partial charge in [-0.15, -0.1) is 11.6 Å². The van der Waals surface area contributed by atoms with E-state index < -0.39 is 5.38 Å². The van der Waals surface area contributed by atoms with E-state index in [1.807, 2.05) is 18.2 Å². The molecular weight excluding hydrogens is 338 g/mol. The van der Waals surface area contributed by atoms with E-state index in [4.69, 9.17) is 23.2 Å². The Kier molecular flexibility index (Phi) is 4.66. The summed E-state index contributed by atoms with van der Waals surface area (Å²) in [5.74, 6) is -0.309. The molecule has 0 radical (unpaired) electrons. The highest BCUT2D eigenvalue weighted by molar-refractivity contribution is 9.10. The average molecular weight is 348 g/mol. The topological polar surface area (TPSA) is 0 Å². The predicted molar refractivity (Wildman–Crippen MR) is 77.9 cm³/mol. The first-order chi connectivity index (χ1) is 8.58. The molecule has 18 heavy (non-hydrogen) atoms. The molecule has 1 unspecified atom stereocenters. The van der Waals surface area contributed by atoms with Crippen LogP contribution in [0.1, 0.15) is 16.5 Å². The van der Waals surface area contributed by atoms with Gasteiger partial charge in [-0.05, 0) is 30.2 Å². The highest BCUT2D eigenvalue weighted by atomic mass is 79.9. The molecule has 0 fully saturated rings. The first-order valence-corrected chi connectivity index (χ1v) is 7.01. The Bertz CT molecular complexity index is 557. The van der Waals surface area contributed by atoms with Crippen LogP contribution in [0.25, 0.3) is 0 Å². The van der Waals surface area contributed by atoms with Gasteiger partial charge in [0.25, 0.3) is 0 Å². The number of alkyl halides is 1. The number of benzene rings is 2. The third kappa shape index (κ3) is 3.25. The second kappa shape index (κ2) is 6.05. The lowest BCUT2D eigenvalue weighted by molar-refractivity contribution is 0.605. The molecule has 0 spiro atoms. The molecule has 2 rings (SSSR count). The van der Waals surface area contributed by atoms with Gasteiger partial charge in [-0.2, -0.15) is 0 Å². The van der Waals surface area contributed by atoms with Crippen molar-refractivity contribution in [3.05, 3.63) is 68.9 Å². The maximum atomic E-state index is 13.8. The van der Waals surface area contributed by atoms with Crippen LogP contribution >= 0.6 is 39.1 Å². The first-order valence-electron chi connectivity index (χ1n) is 5.40. The van der Waals surface area contributed by atoms with Crippen molar-refractivity contribution in [2.75, 3.05) is 0 Å². The molecule has 0 heterocycles. The molecule has 2 aromatic rings. The van der Waals surface area contributed by atoms with E-state index in [-0.39, 0.29) is 5.82 Å². The van der Waals surface area contributed by atoms with Crippen LogP contribution < -0.4 is 0 Å². The van der Waals surface area contributed by atoms with Gasteiger partial charge in [0.15, 0.2) is 0 Å². The summed E-state index contributed by atoms with van der Waals surface area (Å²) < 4.78 is 14.5. The highest BCUT2D eigenvalue weighted by Crippen LogP contribution is 2.30. The van der Waals surface area contributed by atoms with Crippen LogP contribution in [0.5, 0.6) is 0 Å². The van der Waals surface area contributed by atoms with E-state index in [9.17, 15) is 4.39 Å². The fraction of sp³-hybridized carbons (Fsp3) is 0.143. The second-order valence-electron chi connectivity index (χ2n) is 3.93. The largest absolute Gasteiger partial charge is 0.207 e. The third-order valence-electron chi connectivity index (χ3n) is 2.66. The molecule has 0 aliphatic carbocycles. The van der Waals surface area contributed by atoms with Crippen LogP contribution in [0.2, 0.25) is 5.02 Å². The van der Waals surface area contributed by atoms with Gasteiger partial charge in [0.2, 0.25) is 0 Å². The summed E-state index contributed by atoms with van der Waals surface area (Å²) in [5, 5.41) is 0.221. The lowest BCUT2D eigenvalue weighted by atomic mass is 10.0. The molecule has 0 saturated carbocycles. The zero-order valence-electron chi connectivity index (χ0n) is 9.34. The number of hydrogen-bond donors (Lipinski definition) is 0. The van der Waals surface area contributed by atoms with Crippen LogP contribution in [-0.4, -0.2) is 0 Å². The molecule has 4 heteroatoms. The summed E-state index contributed by atoms with van der Waals surface area (Å²) in [4.78, 5) is 0. The molecule has 0 amide bonds. The first kappa shape index (κ1) is 13.9. The van der Waals surface area contributed by atoms with E-state index in [1.54, 1.807) is 18.2 Å². The second-order valence-corrected chi connectivity index (χ2v) is 5.78. The van der Waals surface area contributed by atoms with Crippen LogP contribution in [0.15, 0.2) is 46.9 Å². The smallest absolute Gasteiger partial charge is 0.129 e. The molecular formula is C14H10BrCl2F. The van der Waals surface area contributed by atoms with Gasteiger partial charge in [-0.25, -0.2) is 4.39 Å². The Morgan fingerprint density at radius 2 is 1.89 bits per heavy atom. The average Bonchev–Trinajstić information content (AvgIpc) is 2.32. The summed E-state index contributed by atoms with van der Waals surface area (Å²) in [6.45, 7) is 0. The third-order valence-corrected chi connectivity index (χ3v) is 3.91. The van der Waals surface area contributed by atoms with Crippen LogP contribution in [-0.2, 0) is 6.42 Å². The molecule has 2 aromatic carbocycles. The van der Waals surface area contributed by atoms with E-state index >= 15 is 0 Å². The molecule has 0 saturated heterocycles. The van der Waals surface area contributed by atoms with Crippen molar-refractivity contribution in [1.29, 1.82) is 0 Å². The summed E-state index contributed by atoms with van der Waals surface area (Å²) in [7, 11) is 0. The van der Waals surface area contributed by atoms with Gasteiger partial charge in [-0.1, -0.05) is 51.8 Å². The van der Waals surface area contributed by atoms with Gasteiger partial charge in [0.1, 0.15) is 5.82 Å². The van der Waals surface area contributed by atoms with Crippen molar-refractivity contribution in [2.45, 2.75) is 11.8 Å². The molecule has 0 aliphatic rings. The fourth-order valence-electron chi connectivity index (χ4n) is 1.72. The van der Waals surface area contributed by atoms with E-state index in [0.717, 1.165) is 5.56 Å². The Labute approximate surface area is 124 Å². The van der Waals surface area contributed by atoms with Crippen molar-refractivity contribution in [1.82, 2.24) is 0 Å². The van der Waals surface area contributed by atoms with Crippen molar-refractivity contribution >= 4 is 39.1 Å². The molecule has 0 N–H and O–H groups in total. The minimum atomic E-state index is -0.432. The van der Waals surface area contributed by atoms with Crippen LogP contribution in [0, 0.1) is 5.82 Å². The molecule has 0 aromatic heterocycles. The predicted octanol–water partition coefficient (Wildman–Crippen LogP) is 5.76. The van der Waals surface area contributed by atoms with E-state index in [0.29, 0.717) is 21.5 Å². The summed E-state index contributed by atoms with van der Waals surface area (Å²) >= 11 is 15.5. The van der Waals surface area contributed by atoms with Gasteiger partial charge < -0.3 is 0 Å². The monoisotopic (exact) mass is 346 g/mol. The maximum absolute atomic E-state index is 13.8. The summed E-state index contributed by atoms with van der Waals surface area (Å²) in [6, 6.07) is 12.3. The standard InChI is InChI=1S/C14H10BrCl2F/c15-10-5-6-11(14(18)8-10)13(17)7-9-3-1-2-4-12(9)16/h1-6,8,13H,7H2. The van der Waals surface area contributed by atoms with Crippen molar-refractivity contribution < 1.29 is 4.39 Å². The van der Waals surface area contributed by atoms with Crippen molar-refractivity contribution in [3.63, 3.8) is 0 Å². The Morgan fingerprint density at radius 3 is 2.56 bits per heavy atom. The van der Waals surface area contributed by atoms with E-state index in [1.165, 1.54) is 6.07 Å².